The van der Waals surface area contributed by atoms with Crippen molar-refractivity contribution in [2.45, 2.75) is 30.6 Å². The molecule has 0 bridgehead atoms. The maximum Gasteiger partial charge on any atom is 0.251 e. The molecule has 2 heterocycles. The lowest BCUT2D eigenvalue weighted by atomic mass is 9.94. The van der Waals surface area contributed by atoms with E-state index in [0.717, 1.165) is 5.56 Å². The summed E-state index contributed by atoms with van der Waals surface area (Å²) in [5, 5.41) is 2.99. The molecule has 2 aromatic rings. The van der Waals surface area contributed by atoms with Crippen LogP contribution < -0.4 is 5.32 Å². The van der Waals surface area contributed by atoms with Gasteiger partial charge in [-0.1, -0.05) is 36.4 Å². The molecule has 7 nitrogen and oxygen atoms in total. The quantitative estimate of drug-likeness (QED) is 0.837. The molecule has 5 atom stereocenters. The summed E-state index contributed by atoms with van der Waals surface area (Å²) in [6.07, 6.45) is -1.91. The SMILES string of the molecule is CO[C@@H]1O[C@@H]2CN=C(c3ccccc3)O[C@@H]2[C@@H](OC)[C@H]1NC(=O)c1ccccc1. The smallest absolute Gasteiger partial charge is 0.251 e. The number of fused-ring (bicyclic) bond motifs is 1. The monoisotopic (exact) mass is 396 g/mol. The Morgan fingerprint density at radius 3 is 2.38 bits per heavy atom. The van der Waals surface area contributed by atoms with Crippen LogP contribution in [0, 0.1) is 0 Å². The first-order valence-electron chi connectivity index (χ1n) is 9.54. The van der Waals surface area contributed by atoms with E-state index >= 15 is 0 Å². The van der Waals surface area contributed by atoms with Crippen molar-refractivity contribution in [3.8, 4) is 0 Å². The van der Waals surface area contributed by atoms with Crippen LogP contribution in [0.4, 0.5) is 0 Å². The fourth-order valence-electron chi connectivity index (χ4n) is 3.73. The van der Waals surface area contributed by atoms with Crippen molar-refractivity contribution in [3.63, 3.8) is 0 Å². The van der Waals surface area contributed by atoms with Gasteiger partial charge in [0.2, 0.25) is 5.90 Å². The van der Waals surface area contributed by atoms with Crippen molar-refractivity contribution in [1.82, 2.24) is 5.32 Å². The van der Waals surface area contributed by atoms with Crippen LogP contribution in [0.2, 0.25) is 0 Å². The Hall–Kier alpha value is -2.74. The minimum atomic E-state index is -0.675. The zero-order valence-electron chi connectivity index (χ0n) is 16.4. The fourth-order valence-corrected chi connectivity index (χ4v) is 3.73. The molecule has 152 valence electrons. The second-order valence-corrected chi connectivity index (χ2v) is 6.94. The largest absolute Gasteiger partial charge is 0.468 e. The average molecular weight is 396 g/mol. The van der Waals surface area contributed by atoms with Gasteiger partial charge in [-0.25, -0.2) is 4.99 Å². The highest BCUT2D eigenvalue weighted by Crippen LogP contribution is 2.30. The third kappa shape index (κ3) is 4.03. The van der Waals surface area contributed by atoms with Crippen molar-refractivity contribution < 1.29 is 23.7 Å². The third-order valence-electron chi connectivity index (χ3n) is 5.17. The van der Waals surface area contributed by atoms with E-state index in [-0.39, 0.29) is 12.0 Å². The zero-order chi connectivity index (χ0) is 20.2. The molecule has 1 saturated heterocycles. The van der Waals surface area contributed by atoms with E-state index in [2.05, 4.69) is 10.3 Å². The van der Waals surface area contributed by atoms with Gasteiger partial charge in [-0.2, -0.15) is 0 Å². The summed E-state index contributed by atoms with van der Waals surface area (Å²) < 4.78 is 23.5. The van der Waals surface area contributed by atoms with Crippen molar-refractivity contribution in [2.75, 3.05) is 20.8 Å². The van der Waals surface area contributed by atoms with Crippen LogP contribution in [0.3, 0.4) is 0 Å². The first-order chi connectivity index (χ1) is 14.2. The molecule has 2 aliphatic rings. The van der Waals surface area contributed by atoms with E-state index in [0.29, 0.717) is 18.0 Å². The number of carbonyl (C=O) groups excluding carboxylic acids is 1. The van der Waals surface area contributed by atoms with Gasteiger partial charge in [0, 0.05) is 25.3 Å². The van der Waals surface area contributed by atoms with Gasteiger partial charge in [-0.3, -0.25) is 4.79 Å². The van der Waals surface area contributed by atoms with E-state index in [1.54, 1.807) is 26.4 Å². The molecule has 0 aliphatic carbocycles. The Morgan fingerprint density at radius 1 is 1.03 bits per heavy atom. The summed E-state index contributed by atoms with van der Waals surface area (Å²) in [4.78, 5) is 17.3. The first kappa shape index (κ1) is 19.6. The van der Waals surface area contributed by atoms with E-state index in [4.69, 9.17) is 18.9 Å². The van der Waals surface area contributed by atoms with Crippen LogP contribution in [0.15, 0.2) is 65.7 Å². The molecule has 7 heteroatoms. The third-order valence-corrected chi connectivity index (χ3v) is 5.17. The Kier molecular flexibility index (Phi) is 5.89. The lowest BCUT2D eigenvalue weighted by Gasteiger charge is -2.46. The van der Waals surface area contributed by atoms with Crippen LogP contribution in [-0.2, 0) is 18.9 Å². The van der Waals surface area contributed by atoms with E-state index in [1.165, 1.54) is 0 Å². The number of amides is 1. The molecule has 1 amide bonds. The zero-order valence-corrected chi connectivity index (χ0v) is 16.4. The summed E-state index contributed by atoms with van der Waals surface area (Å²) in [6.45, 7) is 0.425. The highest BCUT2D eigenvalue weighted by atomic mass is 16.7. The number of nitrogens with zero attached hydrogens (tertiary/aromatic N) is 1. The van der Waals surface area contributed by atoms with E-state index in [9.17, 15) is 4.79 Å². The lowest BCUT2D eigenvalue weighted by molar-refractivity contribution is -0.256. The second kappa shape index (κ2) is 8.73. The summed E-state index contributed by atoms with van der Waals surface area (Å²) >= 11 is 0. The number of methoxy groups -OCH3 is 2. The topological polar surface area (TPSA) is 78.4 Å². The molecule has 29 heavy (non-hydrogen) atoms. The molecule has 4 rings (SSSR count). The standard InChI is InChI=1S/C22H24N2O5/c1-26-19-17(24-20(25)14-9-5-3-6-10-14)22(27-2)28-16-13-23-21(29-18(16)19)15-11-7-4-8-12-15/h3-12,16-19,22H,13H2,1-2H3,(H,24,25)/t16-,17-,18+,19+,22-/m1/s1. The Morgan fingerprint density at radius 2 is 1.72 bits per heavy atom. The van der Waals surface area contributed by atoms with Crippen LogP contribution in [0.1, 0.15) is 15.9 Å². The van der Waals surface area contributed by atoms with Crippen LogP contribution in [0.5, 0.6) is 0 Å². The Labute approximate surface area is 169 Å². The van der Waals surface area contributed by atoms with Crippen LogP contribution >= 0.6 is 0 Å². The maximum absolute atomic E-state index is 12.7. The predicted octanol–water partition coefficient (Wildman–Crippen LogP) is 2.02. The number of benzene rings is 2. The predicted molar refractivity (Wildman–Crippen MR) is 107 cm³/mol. The molecule has 0 aromatic heterocycles. The van der Waals surface area contributed by atoms with Gasteiger partial charge in [0.1, 0.15) is 18.2 Å². The van der Waals surface area contributed by atoms with Crippen molar-refractivity contribution in [2.24, 2.45) is 4.99 Å². The lowest BCUT2D eigenvalue weighted by Crippen LogP contribution is -2.66. The van der Waals surface area contributed by atoms with Crippen molar-refractivity contribution >= 4 is 11.8 Å². The summed E-state index contributed by atoms with van der Waals surface area (Å²) in [5.74, 6) is 0.316. The number of nitrogens with one attached hydrogen (secondary N) is 1. The molecular weight excluding hydrogens is 372 g/mol. The summed E-state index contributed by atoms with van der Waals surface area (Å²) in [7, 11) is 3.14. The number of aliphatic imine (C=N–C) groups is 1. The molecule has 0 saturated carbocycles. The van der Waals surface area contributed by atoms with Gasteiger partial charge in [0.25, 0.3) is 5.91 Å². The number of carbonyl (C=O) groups is 1. The van der Waals surface area contributed by atoms with Gasteiger partial charge in [0.05, 0.1) is 6.54 Å². The molecule has 2 aliphatic heterocycles. The average Bonchev–Trinajstić information content (AvgIpc) is 2.79. The molecule has 1 N–H and O–H groups in total. The minimum absolute atomic E-state index is 0.227. The van der Waals surface area contributed by atoms with Gasteiger partial charge < -0.3 is 24.3 Å². The minimum Gasteiger partial charge on any atom is -0.468 e. The number of hydrogen-bond acceptors (Lipinski definition) is 6. The van der Waals surface area contributed by atoms with E-state index < -0.39 is 24.5 Å². The fraction of sp³-hybridized carbons (Fsp3) is 0.364. The Balaban J connectivity index is 1.57. The normalized spacial score (nSPS) is 28.6. The van der Waals surface area contributed by atoms with Gasteiger partial charge >= 0.3 is 0 Å². The Bertz CT molecular complexity index is 858. The molecule has 0 spiro atoms. The highest BCUT2D eigenvalue weighted by Gasteiger charge is 2.50. The van der Waals surface area contributed by atoms with Crippen molar-refractivity contribution in [3.05, 3.63) is 71.8 Å². The first-order valence-corrected chi connectivity index (χ1v) is 9.54. The summed E-state index contributed by atoms with van der Waals surface area (Å²) in [5.41, 5.74) is 1.44. The van der Waals surface area contributed by atoms with Crippen LogP contribution in [0.25, 0.3) is 0 Å². The molecule has 0 radical (unpaired) electrons. The van der Waals surface area contributed by atoms with Gasteiger partial charge in [0.15, 0.2) is 12.4 Å². The summed E-state index contributed by atoms with van der Waals surface area (Å²) in [6, 6.07) is 18.1. The number of rotatable bonds is 5. The van der Waals surface area contributed by atoms with E-state index in [1.807, 2.05) is 48.5 Å². The number of ether oxygens (including phenoxy) is 4. The second-order valence-electron chi connectivity index (χ2n) is 6.94. The molecular formula is C22H24N2O5. The van der Waals surface area contributed by atoms with Gasteiger partial charge in [-0.05, 0) is 24.3 Å². The number of hydrogen-bond donors (Lipinski definition) is 1. The highest BCUT2D eigenvalue weighted by molar-refractivity contribution is 5.95. The molecule has 2 aromatic carbocycles. The van der Waals surface area contributed by atoms with Crippen molar-refractivity contribution in [1.29, 1.82) is 0 Å². The maximum atomic E-state index is 12.7. The van der Waals surface area contributed by atoms with Gasteiger partial charge in [-0.15, -0.1) is 0 Å². The van der Waals surface area contributed by atoms with Crippen LogP contribution in [-0.4, -0.2) is 63.2 Å². The molecule has 1 fully saturated rings. The molecule has 0 unspecified atom stereocenters.